The van der Waals surface area contributed by atoms with Crippen molar-refractivity contribution >= 4 is 59.7 Å². The SMILES string of the molecule is C=C(Cc1ccccc1-c1ccccc1C)c1ccc2c3ccccc3n(-c3ccc(-c4ccc5ccc6c(-c7ccccc7)ccc7ccc4c5c76)cc3)c2c1. The van der Waals surface area contributed by atoms with Crippen molar-refractivity contribution in [1.82, 2.24) is 4.57 Å². The van der Waals surface area contributed by atoms with E-state index in [4.69, 9.17) is 0 Å². The van der Waals surface area contributed by atoms with Crippen LogP contribution < -0.4 is 0 Å². The maximum atomic E-state index is 4.65. The number of para-hydroxylation sites is 1. The van der Waals surface area contributed by atoms with Crippen molar-refractivity contribution < 1.29 is 0 Å². The third-order valence-electron chi connectivity index (χ3n) is 12.1. The molecular weight excluding hydrogens is 687 g/mol. The smallest absolute Gasteiger partial charge is 0.0547 e. The van der Waals surface area contributed by atoms with E-state index in [1.54, 1.807) is 0 Å². The Bertz CT molecular complexity index is 3330. The number of aromatic nitrogens is 1. The zero-order valence-corrected chi connectivity index (χ0v) is 31.8. The van der Waals surface area contributed by atoms with E-state index < -0.39 is 0 Å². The molecule has 0 saturated heterocycles. The highest BCUT2D eigenvalue weighted by molar-refractivity contribution is 6.27. The predicted octanol–water partition coefficient (Wildman–Crippen LogP) is 15.2. The van der Waals surface area contributed by atoms with Gasteiger partial charge in [0.1, 0.15) is 0 Å². The lowest BCUT2D eigenvalue weighted by Crippen LogP contribution is -1.96. The van der Waals surface area contributed by atoms with E-state index in [1.807, 2.05) is 0 Å². The fourth-order valence-electron chi connectivity index (χ4n) is 9.33. The Morgan fingerprint density at radius 3 is 1.72 bits per heavy atom. The number of hydrogen-bond donors (Lipinski definition) is 0. The molecule has 0 unspecified atom stereocenters. The first kappa shape index (κ1) is 33.1. The number of rotatable bonds is 7. The molecule has 0 aliphatic heterocycles. The fraction of sp³-hybridized carbons (Fsp3) is 0.0357. The lowest BCUT2D eigenvalue weighted by molar-refractivity contribution is 1.18. The van der Waals surface area contributed by atoms with Crippen LogP contribution in [-0.2, 0) is 6.42 Å². The van der Waals surface area contributed by atoms with Crippen LogP contribution in [0, 0.1) is 6.92 Å². The van der Waals surface area contributed by atoms with Crippen LogP contribution in [0.3, 0.4) is 0 Å². The molecule has 0 fully saturated rings. The molecule has 0 N–H and O–H groups in total. The van der Waals surface area contributed by atoms with Gasteiger partial charge in [-0.1, -0.05) is 176 Å². The second kappa shape index (κ2) is 13.2. The van der Waals surface area contributed by atoms with Crippen LogP contribution in [0.4, 0.5) is 0 Å². The summed E-state index contributed by atoms with van der Waals surface area (Å²) >= 11 is 0. The second-order valence-electron chi connectivity index (χ2n) is 15.4. The third kappa shape index (κ3) is 5.39. The lowest BCUT2D eigenvalue weighted by Gasteiger charge is -2.17. The molecule has 1 heterocycles. The average Bonchev–Trinajstić information content (AvgIpc) is 3.60. The first-order valence-corrected chi connectivity index (χ1v) is 19.8. The molecule has 0 amide bonds. The molecule has 0 radical (unpaired) electrons. The van der Waals surface area contributed by atoms with Crippen LogP contribution in [0.15, 0.2) is 201 Å². The molecule has 1 nitrogen and oxygen atoms in total. The van der Waals surface area contributed by atoms with Crippen LogP contribution in [0.25, 0.3) is 98.8 Å². The monoisotopic (exact) mass is 725 g/mol. The van der Waals surface area contributed by atoms with Crippen molar-refractivity contribution in [2.24, 2.45) is 0 Å². The van der Waals surface area contributed by atoms with E-state index in [0.29, 0.717) is 0 Å². The highest BCUT2D eigenvalue weighted by Gasteiger charge is 2.17. The average molecular weight is 726 g/mol. The minimum absolute atomic E-state index is 0.776. The van der Waals surface area contributed by atoms with Crippen molar-refractivity contribution in [3.63, 3.8) is 0 Å². The minimum Gasteiger partial charge on any atom is -0.309 e. The standard InChI is InChI=1S/C56H39N/c1-36-12-6-8-16-45(36)46-17-9-7-15-43(46)34-37(2)42-26-31-50-49-18-10-11-19-53(49)57(54(50)35-42)44-27-20-39(21-28-44)48-30-23-41-24-32-51-47(38-13-4-3-5-14-38)29-22-40-25-33-52(48)56(41)55(40)51/h3-33,35H,2,34H2,1H3. The Balaban J connectivity index is 0.996. The van der Waals surface area contributed by atoms with Crippen molar-refractivity contribution in [3.05, 3.63) is 217 Å². The highest BCUT2D eigenvalue weighted by atomic mass is 15.0. The third-order valence-corrected chi connectivity index (χ3v) is 12.1. The zero-order valence-electron chi connectivity index (χ0n) is 31.8. The van der Waals surface area contributed by atoms with Crippen LogP contribution in [0.2, 0.25) is 0 Å². The summed E-state index contributed by atoms with van der Waals surface area (Å²) < 4.78 is 2.42. The van der Waals surface area contributed by atoms with E-state index >= 15 is 0 Å². The molecule has 0 spiro atoms. The molecule has 57 heavy (non-hydrogen) atoms. The molecule has 0 atom stereocenters. The van der Waals surface area contributed by atoms with Gasteiger partial charge in [0.05, 0.1) is 11.0 Å². The molecule has 10 aromatic carbocycles. The van der Waals surface area contributed by atoms with E-state index in [0.717, 1.165) is 23.2 Å². The van der Waals surface area contributed by atoms with Gasteiger partial charge in [-0.25, -0.2) is 0 Å². The molecule has 0 aliphatic carbocycles. The highest BCUT2D eigenvalue weighted by Crippen LogP contribution is 2.43. The number of hydrogen-bond acceptors (Lipinski definition) is 0. The number of fused-ring (bicyclic) bond motifs is 3. The molecule has 0 aliphatic rings. The molecular formula is C56H39N. The van der Waals surface area contributed by atoms with Gasteiger partial charge in [-0.05, 0) is 126 Å². The zero-order chi connectivity index (χ0) is 38.0. The summed E-state index contributed by atoms with van der Waals surface area (Å²) in [4.78, 5) is 0. The van der Waals surface area contributed by atoms with Crippen LogP contribution in [-0.4, -0.2) is 4.57 Å². The van der Waals surface area contributed by atoms with Crippen molar-refractivity contribution in [3.8, 4) is 39.1 Å². The summed E-state index contributed by atoms with van der Waals surface area (Å²) in [6, 6.07) is 71.3. The Labute approximate surface area is 332 Å². The van der Waals surface area contributed by atoms with Gasteiger partial charge in [0.25, 0.3) is 0 Å². The lowest BCUT2D eigenvalue weighted by atomic mass is 9.87. The quantitative estimate of drug-likeness (QED) is 0.144. The van der Waals surface area contributed by atoms with E-state index in [1.165, 1.54) is 98.6 Å². The van der Waals surface area contributed by atoms with Crippen LogP contribution in [0.1, 0.15) is 16.7 Å². The Morgan fingerprint density at radius 1 is 0.439 bits per heavy atom. The van der Waals surface area contributed by atoms with Crippen LogP contribution in [0.5, 0.6) is 0 Å². The molecule has 1 heteroatoms. The summed E-state index contributed by atoms with van der Waals surface area (Å²) in [5, 5.41) is 10.3. The summed E-state index contributed by atoms with van der Waals surface area (Å²) in [6.45, 7) is 6.84. The van der Waals surface area contributed by atoms with E-state index in [9.17, 15) is 0 Å². The van der Waals surface area contributed by atoms with Gasteiger partial charge in [0, 0.05) is 16.5 Å². The first-order chi connectivity index (χ1) is 28.1. The number of benzene rings is 10. The summed E-state index contributed by atoms with van der Waals surface area (Å²) in [5.74, 6) is 0. The van der Waals surface area contributed by atoms with Crippen LogP contribution >= 0.6 is 0 Å². The molecule has 11 aromatic rings. The van der Waals surface area contributed by atoms with E-state index in [2.05, 4.69) is 212 Å². The largest absolute Gasteiger partial charge is 0.309 e. The second-order valence-corrected chi connectivity index (χ2v) is 15.4. The maximum Gasteiger partial charge on any atom is 0.0547 e. The normalized spacial score (nSPS) is 11.7. The molecule has 0 bridgehead atoms. The van der Waals surface area contributed by atoms with E-state index in [-0.39, 0.29) is 0 Å². The van der Waals surface area contributed by atoms with Gasteiger partial charge in [-0.2, -0.15) is 0 Å². The van der Waals surface area contributed by atoms with Crippen molar-refractivity contribution in [1.29, 1.82) is 0 Å². The van der Waals surface area contributed by atoms with Crippen molar-refractivity contribution in [2.75, 3.05) is 0 Å². The summed E-state index contributed by atoms with van der Waals surface area (Å²) in [6.07, 6.45) is 0.776. The summed E-state index contributed by atoms with van der Waals surface area (Å²) in [5.41, 5.74) is 15.9. The van der Waals surface area contributed by atoms with Gasteiger partial charge in [-0.15, -0.1) is 0 Å². The van der Waals surface area contributed by atoms with Gasteiger partial charge < -0.3 is 4.57 Å². The topological polar surface area (TPSA) is 4.93 Å². The van der Waals surface area contributed by atoms with Gasteiger partial charge >= 0.3 is 0 Å². The molecule has 11 rings (SSSR count). The first-order valence-electron chi connectivity index (χ1n) is 19.8. The Kier molecular flexibility index (Phi) is 7.69. The van der Waals surface area contributed by atoms with Crippen molar-refractivity contribution in [2.45, 2.75) is 13.3 Å². The Hall–Kier alpha value is -7.22. The van der Waals surface area contributed by atoms with Gasteiger partial charge in [-0.3, -0.25) is 0 Å². The van der Waals surface area contributed by atoms with Gasteiger partial charge in [0.2, 0.25) is 0 Å². The minimum atomic E-state index is 0.776. The molecule has 268 valence electrons. The summed E-state index contributed by atoms with van der Waals surface area (Å²) in [7, 11) is 0. The van der Waals surface area contributed by atoms with Gasteiger partial charge in [0.15, 0.2) is 0 Å². The Morgan fingerprint density at radius 2 is 1.00 bits per heavy atom. The number of allylic oxidation sites excluding steroid dienone is 1. The fourth-order valence-corrected chi connectivity index (χ4v) is 9.33. The number of aryl methyl sites for hydroxylation is 1. The predicted molar refractivity (Wildman–Crippen MR) is 245 cm³/mol. The number of nitrogens with zero attached hydrogens (tertiary/aromatic N) is 1. The maximum absolute atomic E-state index is 4.65. The molecule has 1 aromatic heterocycles. The molecule has 0 saturated carbocycles.